The lowest BCUT2D eigenvalue weighted by atomic mass is 10.0. The number of halogens is 1. The monoisotopic (exact) mass is 446 g/mol. The highest BCUT2D eigenvalue weighted by Gasteiger charge is 2.19. The van der Waals surface area contributed by atoms with Crippen molar-refractivity contribution in [2.75, 3.05) is 7.11 Å². The normalized spacial score (nSPS) is 11.1. The van der Waals surface area contributed by atoms with Crippen LogP contribution in [0.15, 0.2) is 86.5 Å². The highest BCUT2D eigenvalue weighted by Crippen LogP contribution is 2.38. The summed E-state index contributed by atoms with van der Waals surface area (Å²) >= 11 is 3.68. The minimum absolute atomic E-state index is 0.630. The van der Waals surface area contributed by atoms with Gasteiger partial charge in [-0.05, 0) is 42.5 Å². The molecule has 0 fully saturated rings. The quantitative estimate of drug-likeness (QED) is 0.311. The van der Waals surface area contributed by atoms with Gasteiger partial charge in [-0.1, -0.05) is 34.1 Å². The molecule has 3 heterocycles. The first-order valence-electron chi connectivity index (χ1n) is 8.97. The maximum atomic E-state index is 5.61. The molecule has 0 aliphatic rings. The second-order valence-electron chi connectivity index (χ2n) is 6.40. The lowest BCUT2D eigenvalue weighted by Crippen LogP contribution is -1.95. The average molecular weight is 447 g/mol. The third-order valence-corrected chi connectivity index (χ3v) is 5.32. The fraction of sp³-hybridized carbons (Fsp3) is 0.0435. The molecule has 142 valence electrons. The number of aromatic nitrogens is 2. The van der Waals surface area contributed by atoms with Gasteiger partial charge in [0.1, 0.15) is 17.1 Å². The average Bonchev–Trinajstić information content (AvgIpc) is 3.46. The molecular weight excluding hydrogens is 432 g/mol. The minimum atomic E-state index is 0.630. The van der Waals surface area contributed by atoms with Crippen LogP contribution in [0.25, 0.3) is 45.1 Å². The number of para-hydroxylation sites is 1. The second kappa shape index (κ2) is 7.22. The lowest BCUT2D eigenvalue weighted by molar-refractivity contribution is 0.416. The van der Waals surface area contributed by atoms with Gasteiger partial charge in [-0.3, -0.25) is 0 Å². The summed E-state index contributed by atoms with van der Waals surface area (Å²) in [4.78, 5) is 9.71. The summed E-state index contributed by atoms with van der Waals surface area (Å²) in [7, 11) is 1.66. The van der Waals surface area contributed by atoms with Gasteiger partial charge in [-0.2, -0.15) is 0 Å². The van der Waals surface area contributed by atoms with Gasteiger partial charge in [-0.25, -0.2) is 9.97 Å². The van der Waals surface area contributed by atoms with Gasteiger partial charge in [-0.15, -0.1) is 0 Å². The maximum Gasteiger partial charge on any atom is 0.154 e. The molecule has 0 unspecified atom stereocenters. The standard InChI is InChI=1S/C23H15BrN2O3/c1-27-19-7-3-2-6-14(19)15-12-17-18(13-16(15)24)26-23(21-9-5-11-29-21)22(25-17)20-8-4-10-28-20/h2-13H,1H3. The van der Waals surface area contributed by atoms with Crippen LogP contribution in [0, 0.1) is 0 Å². The Balaban J connectivity index is 1.77. The summed E-state index contributed by atoms with van der Waals surface area (Å²) in [5.41, 5.74) is 4.70. The van der Waals surface area contributed by atoms with Crippen LogP contribution in [-0.2, 0) is 0 Å². The van der Waals surface area contributed by atoms with Gasteiger partial charge in [0.15, 0.2) is 11.5 Å². The molecule has 0 amide bonds. The Hall–Kier alpha value is -3.38. The third-order valence-electron chi connectivity index (χ3n) is 4.66. The van der Waals surface area contributed by atoms with Gasteiger partial charge >= 0.3 is 0 Å². The molecule has 0 atom stereocenters. The molecule has 0 saturated carbocycles. The summed E-state index contributed by atoms with van der Waals surface area (Å²) < 4.78 is 17.6. The van der Waals surface area contributed by atoms with Crippen LogP contribution in [0.5, 0.6) is 5.75 Å². The summed E-state index contributed by atoms with van der Waals surface area (Å²) in [6.45, 7) is 0. The zero-order valence-electron chi connectivity index (χ0n) is 15.4. The number of ether oxygens (including phenoxy) is 1. The number of furan rings is 2. The van der Waals surface area contributed by atoms with Crippen molar-refractivity contribution in [1.82, 2.24) is 9.97 Å². The van der Waals surface area contributed by atoms with Gasteiger partial charge in [0.05, 0.1) is 30.7 Å². The molecule has 0 aliphatic carbocycles. The first kappa shape index (κ1) is 17.7. The Morgan fingerprint density at radius 2 is 1.38 bits per heavy atom. The minimum Gasteiger partial charge on any atom is -0.496 e. The molecule has 5 aromatic rings. The summed E-state index contributed by atoms with van der Waals surface area (Å²) in [6.07, 6.45) is 3.24. The van der Waals surface area contributed by atoms with E-state index in [0.717, 1.165) is 32.4 Å². The van der Waals surface area contributed by atoms with E-state index >= 15 is 0 Å². The molecule has 0 saturated heterocycles. The van der Waals surface area contributed by atoms with E-state index in [9.17, 15) is 0 Å². The molecular formula is C23H15BrN2O3. The van der Waals surface area contributed by atoms with Crippen LogP contribution in [0.1, 0.15) is 0 Å². The number of benzene rings is 2. The van der Waals surface area contributed by atoms with Crippen molar-refractivity contribution in [3.63, 3.8) is 0 Å². The van der Waals surface area contributed by atoms with Gasteiger partial charge < -0.3 is 13.6 Å². The van der Waals surface area contributed by atoms with Crippen molar-refractivity contribution in [2.24, 2.45) is 0 Å². The predicted octanol–water partition coefficient (Wildman–Crippen LogP) is 6.59. The number of methoxy groups -OCH3 is 1. The van der Waals surface area contributed by atoms with Crippen LogP contribution in [0.3, 0.4) is 0 Å². The maximum absolute atomic E-state index is 5.61. The van der Waals surface area contributed by atoms with Gasteiger partial charge in [0.2, 0.25) is 0 Å². The van der Waals surface area contributed by atoms with Crippen molar-refractivity contribution >= 4 is 27.0 Å². The second-order valence-corrected chi connectivity index (χ2v) is 7.25. The summed E-state index contributed by atoms with van der Waals surface area (Å²) in [5, 5.41) is 0. The Morgan fingerprint density at radius 1 is 0.759 bits per heavy atom. The van der Waals surface area contributed by atoms with Crippen LogP contribution in [-0.4, -0.2) is 17.1 Å². The van der Waals surface area contributed by atoms with Crippen molar-refractivity contribution < 1.29 is 13.6 Å². The molecule has 0 spiro atoms. The van der Waals surface area contributed by atoms with Crippen LogP contribution in [0.2, 0.25) is 0 Å². The van der Waals surface area contributed by atoms with Crippen LogP contribution < -0.4 is 4.74 Å². The first-order chi connectivity index (χ1) is 14.2. The Bertz CT molecular complexity index is 1300. The van der Waals surface area contributed by atoms with E-state index in [1.807, 2.05) is 60.7 Å². The fourth-order valence-corrected chi connectivity index (χ4v) is 3.87. The number of nitrogens with zero attached hydrogens (tertiary/aromatic N) is 2. The van der Waals surface area contributed by atoms with Crippen molar-refractivity contribution in [2.45, 2.75) is 0 Å². The third kappa shape index (κ3) is 3.11. The van der Waals surface area contributed by atoms with E-state index in [1.165, 1.54) is 0 Å². The van der Waals surface area contributed by atoms with E-state index in [4.69, 9.17) is 23.5 Å². The molecule has 5 rings (SSSR count). The van der Waals surface area contributed by atoms with E-state index in [1.54, 1.807) is 19.6 Å². The molecule has 3 aromatic heterocycles. The molecule has 0 radical (unpaired) electrons. The Morgan fingerprint density at radius 3 is 1.97 bits per heavy atom. The van der Waals surface area contributed by atoms with Gasteiger partial charge in [0.25, 0.3) is 0 Å². The van der Waals surface area contributed by atoms with Crippen LogP contribution in [0.4, 0.5) is 0 Å². The number of hydrogen-bond donors (Lipinski definition) is 0. The molecule has 0 aliphatic heterocycles. The SMILES string of the molecule is COc1ccccc1-c1cc2nc(-c3ccco3)c(-c3ccco3)nc2cc1Br. The van der Waals surface area contributed by atoms with E-state index in [2.05, 4.69) is 15.9 Å². The lowest BCUT2D eigenvalue weighted by Gasteiger charge is -2.12. The zero-order chi connectivity index (χ0) is 19.8. The Kier molecular flexibility index (Phi) is 4.41. The summed E-state index contributed by atoms with van der Waals surface area (Å²) in [5.74, 6) is 2.06. The molecule has 0 N–H and O–H groups in total. The zero-order valence-corrected chi connectivity index (χ0v) is 17.0. The Labute approximate surface area is 175 Å². The molecule has 2 aromatic carbocycles. The predicted molar refractivity (Wildman–Crippen MR) is 115 cm³/mol. The summed E-state index contributed by atoms with van der Waals surface area (Å²) in [6, 6.07) is 19.2. The number of hydrogen-bond acceptors (Lipinski definition) is 5. The van der Waals surface area contributed by atoms with Crippen LogP contribution >= 0.6 is 15.9 Å². The van der Waals surface area contributed by atoms with Crippen molar-refractivity contribution in [3.05, 3.63) is 77.7 Å². The van der Waals surface area contributed by atoms with E-state index in [-0.39, 0.29) is 0 Å². The molecule has 6 heteroatoms. The smallest absolute Gasteiger partial charge is 0.154 e. The molecule has 0 bridgehead atoms. The fourth-order valence-electron chi connectivity index (χ4n) is 3.32. The van der Waals surface area contributed by atoms with E-state index in [0.29, 0.717) is 22.9 Å². The topological polar surface area (TPSA) is 61.3 Å². The first-order valence-corrected chi connectivity index (χ1v) is 9.76. The molecule has 29 heavy (non-hydrogen) atoms. The number of rotatable bonds is 4. The molecule has 5 nitrogen and oxygen atoms in total. The van der Waals surface area contributed by atoms with Crippen molar-refractivity contribution in [3.8, 4) is 39.8 Å². The van der Waals surface area contributed by atoms with E-state index < -0.39 is 0 Å². The largest absolute Gasteiger partial charge is 0.496 e. The highest BCUT2D eigenvalue weighted by atomic mass is 79.9. The highest BCUT2D eigenvalue weighted by molar-refractivity contribution is 9.10. The van der Waals surface area contributed by atoms with Gasteiger partial charge in [0, 0.05) is 15.6 Å². The number of fused-ring (bicyclic) bond motifs is 1. The van der Waals surface area contributed by atoms with Crippen molar-refractivity contribution in [1.29, 1.82) is 0 Å².